The predicted octanol–water partition coefficient (Wildman–Crippen LogP) is 1.63. The third-order valence-electron chi connectivity index (χ3n) is 3.29. The van der Waals surface area contributed by atoms with E-state index >= 15 is 0 Å². The van der Waals surface area contributed by atoms with Gasteiger partial charge in [0.15, 0.2) is 11.5 Å². The van der Waals surface area contributed by atoms with Crippen LogP contribution in [-0.4, -0.2) is 30.0 Å². The molecule has 2 rings (SSSR count). The number of hydrogen-bond acceptors (Lipinski definition) is 4. The average molecular weight is 279 g/mol. The summed E-state index contributed by atoms with van der Waals surface area (Å²) in [7, 11) is 0. The minimum absolute atomic E-state index is 0.0129. The van der Waals surface area contributed by atoms with Gasteiger partial charge in [0.05, 0.1) is 0 Å². The maximum atomic E-state index is 11.9. The van der Waals surface area contributed by atoms with Crippen LogP contribution < -0.4 is 14.8 Å². The Kier molecular flexibility index (Phi) is 4.49. The summed E-state index contributed by atoms with van der Waals surface area (Å²) >= 11 is 0. The molecule has 0 aromatic heterocycles. The lowest BCUT2D eigenvalue weighted by Gasteiger charge is -2.25. The van der Waals surface area contributed by atoms with Crippen LogP contribution in [0, 0.1) is 0 Å². The zero-order valence-corrected chi connectivity index (χ0v) is 11.9. The fraction of sp³-hybridized carbons (Fsp3) is 0.533. The van der Waals surface area contributed by atoms with E-state index in [2.05, 4.69) is 5.32 Å². The number of rotatable bonds is 6. The second-order valence-corrected chi connectivity index (χ2v) is 5.59. The lowest BCUT2D eigenvalue weighted by Crippen LogP contribution is -2.44. The summed E-state index contributed by atoms with van der Waals surface area (Å²) in [4.78, 5) is 11.9. The standard InChI is InChI=1S/C15H21NO4/c1-15(2,7-8-17)16-14(18)6-4-11-3-5-12-13(9-11)20-10-19-12/h3,5,9,17H,4,6-8,10H2,1-2H3,(H,16,18). The van der Waals surface area contributed by atoms with Crippen LogP contribution in [0.1, 0.15) is 32.3 Å². The first kappa shape index (κ1) is 14.7. The Bertz CT molecular complexity index is 485. The monoisotopic (exact) mass is 279 g/mol. The molecule has 0 unspecified atom stereocenters. The summed E-state index contributed by atoms with van der Waals surface area (Å²) in [6.45, 7) is 4.13. The molecule has 1 aliphatic heterocycles. The number of hydrogen-bond donors (Lipinski definition) is 2. The Labute approximate surface area is 118 Å². The lowest BCUT2D eigenvalue weighted by atomic mass is 10.0. The van der Waals surface area contributed by atoms with Gasteiger partial charge in [-0.05, 0) is 44.4 Å². The molecule has 0 spiro atoms. The second-order valence-electron chi connectivity index (χ2n) is 5.59. The number of aryl methyl sites for hydroxylation is 1. The van der Waals surface area contributed by atoms with Gasteiger partial charge in [-0.1, -0.05) is 6.07 Å². The lowest BCUT2D eigenvalue weighted by molar-refractivity contribution is -0.122. The van der Waals surface area contributed by atoms with Gasteiger partial charge >= 0.3 is 0 Å². The number of carbonyl (C=O) groups excluding carboxylic acids is 1. The quantitative estimate of drug-likeness (QED) is 0.830. The first-order valence-corrected chi connectivity index (χ1v) is 6.80. The van der Waals surface area contributed by atoms with Crippen molar-refractivity contribution >= 4 is 5.91 Å². The number of benzene rings is 1. The topological polar surface area (TPSA) is 67.8 Å². The molecule has 5 nitrogen and oxygen atoms in total. The fourth-order valence-electron chi connectivity index (χ4n) is 2.14. The number of ether oxygens (including phenoxy) is 2. The van der Waals surface area contributed by atoms with Crippen molar-refractivity contribution in [3.8, 4) is 11.5 Å². The van der Waals surface area contributed by atoms with Crippen molar-refractivity contribution in [2.45, 2.75) is 38.6 Å². The number of carbonyl (C=O) groups is 1. The van der Waals surface area contributed by atoms with E-state index < -0.39 is 0 Å². The summed E-state index contributed by atoms with van der Waals surface area (Å²) in [5.41, 5.74) is 0.671. The van der Waals surface area contributed by atoms with E-state index in [0.29, 0.717) is 19.3 Å². The van der Waals surface area contributed by atoms with Crippen LogP contribution in [0.5, 0.6) is 11.5 Å². The summed E-state index contributed by atoms with van der Waals surface area (Å²) in [5.74, 6) is 1.48. The average Bonchev–Trinajstić information content (AvgIpc) is 2.82. The highest BCUT2D eigenvalue weighted by atomic mass is 16.7. The second kappa shape index (κ2) is 6.13. The van der Waals surface area contributed by atoms with Gasteiger partial charge in [0.1, 0.15) is 0 Å². The number of fused-ring (bicyclic) bond motifs is 1. The summed E-state index contributed by atoms with van der Waals surface area (Å²) in [6, 6.07) is 5.72. The summed E-state index contributed by atoms with van der Waals surface area (Å²) < 4.78 is 10.6. The van der Waals surface area contributed by atoms with Crippen LogP contribution >= 0.6 is 0 Å². The van der Waals surface area contributed by atoms with Gasteiger partial charge in [-0.3, -0.25) is 4.79 Å². The van der Waals surface area contributed by atoms with Gasteiger partial charge < -0.3 is 19.9 Å². The molecule has 1 heterocycles. The van der Waals surface area contributed by atoms with Crippen molar-refractivity contribution in [2.75, 3.05) is 13.4 Å². The van der Waals surface area contributed by atoms with E-state index in [0.717, 1.165) is 17.1 Å². The molecule has 0 atom stereocenters. The SMILES string of the molecule is CC(C)(CCO)NC(=O)CCc1ccc2c(c1)OCO2. The van der Waals surface area contributed by atoms with Gasteiger partial charge in [-0.2, -0.15) is 0 Å². The summed E-state index contributed by atoms with van der Waals surface area (Å²) in [5, 5.41) is 11.9. The van der Waals surface area contributed by atoms with Crippen molar-refractivity contribution in [1.29, 1.82) is 0 Å². The van der Waals surface area contributed by atoms with Gasteiger partial charge in [0.2, 0.25) is 12.7 Å². The van der Waals surface area contributed by atoms with Crippen molar-refractivity contribution < 1.29 is 19.4 Å². The van der Waals surface area contributed by atoms with Crippen LogP contribution in [0.15, 0.2) is 18.2 Å². The van der Waals surface area contributed by atoms with Crippen LogP contribution in [0.4, 0.5) is 0 Å². The zero-order chi connectivity index (χ0) is 14.6. The molecule has 5 heteroatoms. The minimum atomic E-state index is -0.374. The Morgan fingerprint density at radius 1 is 1.35 bits per heavy atom. The molecule has 0 bridgehead atoms. The molecule has 1 aromatic rings. The van der Waals surface area contributed by atoms with E-state index in [4.69, 9.17) is 14.6 Å². The molecule has 2 N–H and O–H groups in total. The molecule has 20 heavy (non-hydrogen) atoms. The highest BCUT2D eigenvalue weighted by molar-refractivity contribution is 5.77. The van der Waals surface area contributed by atoms with Crippen LogP contribution in [0.2, 0.25) is 0 Å². The number of aliphatic hydroxyl groups is 1. The predicted molar refractivity (Wildman–Crippen MR) is 74.8 cm³/mol. The fourth-order valence-corrected chi connectivity index (χ4v) is 2.14. The first-order valence-electron chi connectivity index (χ1n) is 6.80. The number of aliphatic hydroxyl groups excluding tert-OH is 1. The van der Waals surface area contributed by atoms with Crippen molar-refractivity contribution in [2.24, 2.45) is 0 Å². The maximum Gasteiger partial charge on any atom is 0.231 e. The Morgan fingerprint density at radius 2 is 2.10 bits per heavy atom. The van der Waals surface area contributed by atoms with Crippen molar-refractivity contribution in [1.82, 2.24) is 5.32 Å². The van der Waals surface area contributed by atoms with Crippen LogP contribution in [-0.2, 0) is 11.2 Å². The Morgan fingerprint density at radius 3 is 2.85 bits per heavy atom. The molecule has 0 saturated carbocycles. The van der Waals surface area contributed by atoms with Crippen LogP contribution in [0.3, 0.4) is 0 Å². The van der Waals surface area contributed by atoms with Crippen LogP contribution in [0.25, 0.3) is 0 Å². The molecule has 0 fully saturated rings. The molecular formula is C15H21NO4. The van der Waals surface area contributed by atoms with Gasteiger partial charge in [0, 0.05) is 18.6 Å². The van der Waals surface area contributed by atoms with Gasteiger partial charge in [-0.15, -0.1) is 0 Å². The van der Waals surface area contributed by atoms with E-state index in [9.17, 15) is 4.79 Å². The molecule has 1 aromatic carbocycles. The number of amides is 1. The normalized spacial score (nSPS) is 13.3. The first-order chi connectivity index (χ1) is 9.50. The Hall–Kier alpha value is -1.75. The van der Waals surface area contributed by atoms with Crippen molar-refractivity contribution in [3.05, 3.63) is 23.8 Å². The highest BCUT2D eigenvalue weighted by Crippen LogP contribution is 2.32. The molecular weight excluding hydrogens is 258 g/mol. The third-order valence-corrected chi connectivity index (χ3v) is 3.29. The van der Waals surface area contributed by atoms with Gasteiger partial charge in [0.25, 0.3) is 0 Å². The number of nitrogens with one attached hydrogen (secondary N) is 1. The minimum Gasteiger partial charge on any atom is -0.454 e. The van der Waals surface area contributed by atoms with E-state index in [1.165, 1.54) is 0 Å². The highest BCUT2D eigenvalue weighted by Gasteiger charge is 2.19. The van der Waals surface area contributed by atoms with Gasteiger partial charge in [-0.25, -0.2) is 0 Å². The maximum absolute atomic E-state index is 11.9. The van der Waals surface area contributed by atoms with E-state index in [-0.39, 0.29) is 24.8 Å². The summed E-state index contributed by atoms with van der Waals surface area (Å²) in [6.07, 6.45) is 1.61. The third kappa shape index (κ3) is 3.87. The largest absolute Gasteiger partial charge is 0.454 e. The van der Waals surface area contributed by atoms with E-state index in [1.807, 2.05) is 32.0 Å². The molecule has 1 amide bonds. The van der Waals surface area contributed by atoms with E-state index in [1.54, 1.807) is 0 Å². The zero-order valence-electron chi connectivity index (χ0n) is 11.9. The smallest absolute Gasteiger partial charge is 0.231 e. The van der Waals surface area contributed by atoms with Crippen molar-refractivity contribution in [3.63, 3.8) is 0 Å². The molecule has 0 radical (unpaired) electrons. The molecule has 1 aliphatic rings. The molecule has 0 saturated heterocycles. The molecule has 0 aliphatic carbocycles. The Balaban J connectivity index is 1.84. The molecule has 110 valence electrons.